The summed E-state index contributed by atoms with van der Waals surface area (Å²) in [6.07, 6.45) is -0.0864. The van der Waals surface area contributed by atoms with Crippen LogP contribution in [0, 0.1) is 0 Å². The number of rotatable bonds is 7. The fourth-order valence-corrected chi connectivity index (χ4v) is 5.09. The maximum atomic E-state index is 13.2. The van der Waals surface area contributed by atoms with Crippen LogP contribution in [-0.2, 0) is 20.9 Å². The fraction of sp³-hybridized carbons (Fsp3) is 0.423. The smallest absolute Gasteiger partial charge is 0.243 e. The van der Waals surface area contributed by atoms with Gasteiger partial charge in [0, 0.05) is 56.0 Å². The molecule has 0 bridgehead atoms. The average Bonchev–Trinajstić information content (AvgIpc) is 3.36. The molecule has 0 aliphatic carbocycles. The molecule has 3 heterocycles. The lowest BCUT2D eigenvalue weighted by Crippen LogP contribution is -2.60. The second-order valence-corrected chi connectivity index (χ2v) is 10.3. The van der Waals surface area contributed by atoms with E-state index in [0.29, 0.717) is 18.8 Å². The van der Waals surface area contributed by atoms with Crippen molar-refractivity contribution in [1.29, 1.82) is 0 Å². The van der Waals surface area contributed by atoms with E-state index in [1.54, 1.807) is 17.0 Å². The molecule has 0 radical (unpaired) electrons. The highest BCUT2D eigenvalue weighted by molar-refractivity contribution is 9.10. The van der Waals surface area contributed by atoms with Gasteiger partial charge in [0.25, 0.3) is 0 Å². The maximum absolute atomic E-state index is 13.2. The molecule has 37 heavy (non-hydrogen) atoms. The molecule has 5 rings (SSSR count). The van der Waals surface area contributed by atoms with Crippen LogP contribution in [0.1, 0.15) is 12.0 Å². The van der Waals surface area contributed by atoms with E-state index in [4.69, 9.17) is 9.47 Å². The number of nitrogens with zero attached hydrogens (tertiary/aromatic N) is 3. The first-order valence-corrected chi connectivity index (χ1v) is 13.2. The molecule has 11 heteroatoms. The zero-order valence-corrected chi connectivity index (χ0v) is 22.0. The van der Waals surface area contributed by atoms with Crippen LogP contribution in [0.25, 0.3) is 0 Å². The monoisotopic (exact) mass is 571 g/mol. The number of carbonyl (C=O) groups is 3. The normalized spacial score (nSPS) is 20.0. The van der Waals surface area contributed by atoms with Crippen LogP contribution in [0.5, 0.6) is 11.5 Å². The molecule has 3 amide bonds. The number of hydrogen-bond acceptors (Lipinski definition) is 7. The van der Waals surface area contributed by atoms with Gasteiger partial charge in [-0.1, -0.05) is 22.0 Å². The van der Waals surface area contributed by atoms with E-state index in [-0.39, 0.29) is 37.5 Å². The van der Waals surface area contributed by atoms with Crippen molar-refractivity contribution < 1.29 is 23.9 Å². The van der Waals surface area contributed by atoms with Crippen molar-refractivity contribution >= 4 is 39.3 Å². The molecule has 0 spiro atoms. The van der Waals surface area contributed by atoms with Crippen molar-refractivity contribution in [2.75, 3.05) is 57.9 Å². The van der Waals surface area contributed by atoms with Gasteiger partial charge in [-0.05, 0) is 42.0 Å². The SMILES string of the molecule is O=C(CC1C(=O)NCCN1C(=O)CN1CCN(Cc2ccc3c(c2)OCO3)CC1)Nc1ccc(Br)cc1. The molecule has 3 aliphatic heterocycles. The van der Waals surface area contributed by atoms with Gasteiger partial charge >= 0.3 is 0 Å². The van der Waals surface area contributed by atoms with E-state index >= 15 is 0 Å². The largest absolute Gasteiger partial charge is 0.454 e. The number of nitrogens with one attached hydrogen (secondary N) is 2. The van der Waals surface area contributed by atoms with E-state index in [9.17, 15) is 14.4 Å². The summed E-state index contributed by atoms with van der Waals surface area (Å²) in [5.74, 6) is 0.842. The van der Waals surface area contributed by atoms with Crippen LogP contribution in [0.2, 0.25) is 0 Å². The first kappa shape index (κ1) is 25.5. The van der Waals surface area contributed by atoms with Gasteiger partial charge in [-0.25, -0.2) is 0 Å². The predicted octanol–water partition coefficient (Wildman–Crippen LogP) is 1.65. The predicted molar refractivity (Wildman–Crippen MR) is 140 cm³/mol. The minimum Gasteiger partial charge on any atom is -0.454 e. The third kappa shape index (κ3) is 6.41. The van der Waals surface area contributed by atoms with Crippen LogP contribution in [0.15, 0.2) is 46.9 Å². The Morgan fingerprint density at radius 1 is 0.973 bits per heavy atom. The number of anilines is 1. The second-order valence-electron chi connectivity index (χ2n) is 9.39. The van der Waals surface area contributed by atoms with E-state index < -0.39 is 6.04 Å². The molecule has 2 N–H and O–H groups in total. The standard InChI is InChI=1S/C26H30BrN5O5/c27-19-2-4-20(5-3-19)29-24(33)14-21-26(35)28-7-8-32(21)25(34)16-31-11-9-30(10-12-31)15-18-1-6-22-23(13-18)37-17-36-22/h1-6,13,21H,7-12,14-17H2,(H,28,35)(H,29,33). The summed E-state index contributed by atoms with van der Waals surface area (Å²) in [6, 6.07) is 12.4. The van der Waals surface area contributed by atoms with E-state index in [2.05, 4.69) is 42.4 Å². The van der Waals surface area contributed by atoms with Gasteiger partial charge in [-0.2, -0.15) is 0 Å². The Morgan fingerprint density at radius 3 is 2.49 bits per heavy atom. The quantitative estimate of drug-likeness (QED) is 0.521. The Bertz CT molecular complexity index is 1150. The molecule has 0 aromatic heterocycles. The van der Waals surface area contributed by atoms with Gasteiger partial charge in [0.05, 0.1) is 13.0 Å². The lowest BCUT2D eigenvalue weighted by molar-refractivity contribution is -0.145. The van der Waals surface area contributed by atoms with Gasteiger partial charge in [-0.3, -0.25) is 24.2 Å². The molecule has 1 unspecified atom stereocenters. The Kier molecular flexibility index (Phi) is 7.92. The minimum absolute atomic E-state index is 0.0864. The number of benzene rings is 2. The summed E-state index contributed by atoms with van der Waals surface area (Å²) < 4.78 is 11.8. The zero-order valence-electron chi connectivity index (χ0n) is 20.5. The molecule has 2 fully saturated rings. The Hall–Kier alpha value is -3.15. The molecule has 10 nitrogen and oxygen atoms in total. The van der Waals surface area contributed by atoms with Crippen molar-refractivity contribution in [3.63, 3.8) is 0 Å². The van der Waals surface area contributed by atoms with Crippen LogP contribution in [-0.4, -0.2) is 91.1 Å². The summed E-state index contributed by atoms with van der Waals surface area (Å²) in [5.41, 5.74) is 1.80. The molecular formula is C26H30BrN5O5. The highest BCUT2D eigenvalue weighted by Crippen LogP contribution is 2.32. The van der Waals surface area contributed by atoms with Crippen molar-refractivity contribution in [3.05, 3.63) is 52.5 Å². The zero-order chi connectivity index (χ0) is 25.8. The third-order valence-electron chi connectivity index (χ3n) is 6.82. The molecular weight excluding hydrogens is 542 g/mol. The number of hydrogen-bond donors (Lipinski definition) is 2. The number of ether oxygens (including phenoxy) is 2. The number of halogens is 1. The van der Waals surface area contributed by atoms with E-state index in [0.717, 1.165) is 54.3 Å². The number of carbonyl (C=O) groups excluding carboxylic acids is 3. The summed E-state index contributed by atoms with van der Waals surface area (Å²) in [6.45, 7) is 5.26. The van der Waals surface area contributed by atoms with Crippen molar-refractivity contribution in [1.82, 2.24) is 20.0 Å². The summed E-state index contributed by atoms with van der Waals surface area (Å²) >= 11 is 3.37. The van der Waals surface area contributed by atoms with Crippen LogP contribution >= 0.6 is 15.9 Å². The maximum Gasteiger partial charge on any atom is 0.243 e. The molecule has 0 saturated carbocycles. The molecule has 1 atom stereocenters. The fourth-order valence-electron chi connectivity index (χ4n) is 4.82. The first-order chi connectivity index (χ1) is 17.9. The molecule has 2 aromatic carbocycles. The number of fused-ring (bicyclic) bond motifs is 1. The molecule has 3 aliphatic rings. The van der Waals surface area contributed by atoms with Crippen LogP contribution in [0.3, 0.4) is 0 Å². The van der Waals surface area contributed by atoms with Gasteiger partial charge < -0.3 is 25.0 Å². The van der Waals surface area contributed by atoms with Gasteiger partial charge in [0.1, 0.15) is 6.04 Å². The number of piperazine rings is 2. The first-order valence-electron chi connectivity index (χ1n) is 12.4. The second kappa shape index (κ2) is 11.5. The van der Waals surface area contributed by atoms with E-state index in [1.165, 1.54) is 0 Å². The van der Waals surface area contributed by atoms with Crippen LogP contribution in [0.4, 0.5) is 5.69 Å². The molecule has 196 valence electrons. The van der Waals surface area contributed by atoms with Gasteiger partial charge in [0.2, 0.25) is 24.5 Å². The van der Waals surface area contributed by atoms with Crippen molar-refractivity contribution in [2.24, 2.45) is 0 Å². The van der Waals surface area contributed by atoms with Gasteiger partial charge in [-0.15, -0.1) is 0 Å². The van der Waals surface area contributed by atoms with Gasteiger partial charge in [0.15, 0.2) is 11.5 Å². The van der Waals surface area contributed by atoms with Crippen molar-refractivity contribution in [2.45, 2.75) is 19.0 Å². The van der Waals surface area contributed by atoms with Crippen molar-refractivity contribution in [3.8, 4) is 11.5 Å². The van der Waals surface area contributed by atoms with E-state index in [1.807, 2.05) is 24.3 Å². The topological polar surface area (TPSA) is 103 Å². The van der Waals surface area contributed by atoms with Crippen LogP contribution < -0.4 is 20.1 Å². The highest BCUT2D eigenvalue weighted by atomic mass is 79.9. The summed E-state index contributed by atoms with van der Waals surface area (Å²) in [4.78, 5) is 44.5. The lowest BCUT2D eigenvalue weighted by atomic mass is 10.1. The highest BCUT2D eigenvalue weighted by Gasteiger charge is 2.35. The third-order valence-corrected chi connectivity index (χ3v) is 7.35. The minimum atomic E-state index is -0.816. The Balaban J connectivity index is 1.11. The number of amides is 3. The Morgan fingerprint density at radius 2 is 1.70 bits per heavy atom. The lowest BCUT2D eigenvalue weighted by Gasteiger charge is -2.38. The summed E-state index contributed by atoms with van der Waals surface area (Å²) in [7, 11) is 0. The molecule has 2 saturated heterocycles. The molecule has 2 aromatic rings. The summed E-state index contributed by atoms with van der Waals surface area (Å²) in [5, 5.41) is 5.59. The Labute approximate surface area is 224 Å². The average molecular weight is 572 g/mol.